The van der Waals surface area contributed by atoms with Gasteiger partial charge in [0.2, 0.25) is 0 Å². The summed E-state index contributed by atoms with van der Waals surface area (Å²) in [6.45, 7) is 5.89. The van der Waals surface area contributed by atoms with Crippen molar-refractivity contribution in [1.82, 2.24) is 5.32 Å². The lowest BCUT2D eigenvalue weighted by atomic mass is 9.88. The normalized spacial score (nSPS) is 15.7. The fourth-order valence-corrected chi connectivity index (χ4v) is 2.23. The molecular formula is C14H19BrClNO2. The number of aliphatic hydroxyl groups is 1. The van der Waals surface area contributed by atoms with Gasteiger partial charge in [0.05, 0.1) is 16.2 Å². The molecule has 19 heavy (non-hydrogen) atoms. The highest BCUT2D eigenvalue weighted by Crippen LogP contribution is 2.26. The van der Waals surface area contributed by atoms with Crippen LogP contribution in [-0.4, -0.2) is 23.2 Å². The van der Waals surface area contributed by atoms with Gasteiger partial charge in [-0.2, -0.15) is 0 Å². The number of carbonyl (C=O) groups is 1. The number of benzene rings is 1. The predicted octanol–water partition coefficient (Wildman–Crippen LogP) is 3.63. The van der Waals surface area contributed by atoms with Crippen LogP contribution in [0.25, 0.3) is 0 Å². The molecule has 0 spiro atoms. The average molecular weight is 349 g/mol. The largest absolute Gasteiger partial charge is 0.388 e. The van der Waals surface area contributed by atoms with Crippen LogP contribution in [0, 0.1) is 5.92 Å². The Morgan fingerprint density at radius 1 is 1.58 bits per heavy atom. The maximum atomic E-state index is 12.0. The molecule has 0 bridgehead atoms. The summed E-state index contributed by atoms with van der Waals surface area (Å²) in [5.41, 5.74) is -0.529. The van der Waals surface area contributed by atoms with Gasteiger partial charge in [-0.15, -0.1) is 0 Å². The van der Waals surface area contributed by atoms with E-state index >= 15 is 0 Å². The molecule has 2 N–H and O–H groups in total. The van der Waals surface area contributed by atoms with Gasteiger partial charge < -0.3 is 10.4 Å². The summed E-state index contributed by atoms with van der Waals surface area (Å²) < 4.78 is 0.676. The number of hydrogen-bond acceptors (Lipinski definition) is 2. The molecule has 1 aromatic rings. The number of rotatable bonds is 5. The van der Waals surface area contributed by atoms with Gasteiger partial charge in [-0.3, -0.25) is 4.79 Å². The lowest BCUT2D eigenvalue weighted by Crippen LogP contribution is -2.45. The molecule has 5 heteroatoms. The molecule has 0 saturated carbocycles. The number of amides is 1. The minimum Gasteiger partial charge on any atom is -0.388 e. The molecule has 3 nitrogen and oxygen atoms in total. The third-order valence-electron chi connectivity index (χ3n) is 3.48. The van der Waals surface area contributed by atoms with Crippen LogP contribution in [0.4, 0.5) is 0 Å². The van der Waals surface area contributed by atoms with E-state index in [1.54, 1.807) is 25.1 Å². The minimum atomic E-state index is -0.928. The van der Waals surface area contributed by atoms with Crippen molar-refractivity contribution in [2.24, 2.45) is 5.92 Å². The molecule has 0 saturated heterocycles. The Bertz CT molecular complexity index is 463. The van der Waals surface area contributed by atoms with Crippen LogP contribution >= 0.6 is 27.5 Å². The van der Waals surface area contributed by atoms with E-state index in [0.717, 1.165) is 6.42 Å². The van der Waals surface area contributed by atoms with E-state index in [-0.39, 0.29) is 18.4 Å². The summed E-state index contributed by atoms with van der Waals surface area (Å²) >= 11 is 9.34. The molecule has 1 aromatic carbocycles. The van der Waals surface area contributed by atoms with E-state index in [0.29, 0.717) is 15.1 Å². The number of halogens is 2. The van der Waals surface area contributed by atoms with E-state index in [1.165, 1.54) is 0 Å². The first kappa shape index (κ1) is 16.5. The second-order valence-corrected chi connectivity index (χ2v) is 6.18. The van der Waals surface area contributed by atoms with Gasteiger partial charge in [0.1, 0.15) is 0 Å². The highest BCUT2D eigenvalue weighted by Gasteiger charge is 2.27. The van der Waals surface area contributed by atoms with Crippen LogP contribution in [0.15, 0.2) is 22.7 Å². The number of hydrogen-bond donors (Lipinski definition) is 2. The molecule has 0 fully saturated rings. The van der Waals surface area contributed by atoms with Crippen LogP contribution in [0.2, 0.25) is 5.02 Å². The van der Waals surface area contributed by atoms with Gasteiger partial charge in [-0.25, -0.2) is 0 Å². The van der Waals surface area contributed by atoms with E-state index in [4.69, 9.17) is 11.6 Å². The van der Waals surface area contributed by atoms with Crippen molar-refractivity contribution in [3.8, 4) is 0 Å². The van der Waals surface area contributed by atoms with E-state index in [2.05, 4.69) is 21.2 Å². The molecule has 1 amide bonds. The summed E-state index contributed by atoms with van der Waals surface area (Å²) in [5, 5.41) is 13.4. The Kier molecular flexibility index (Phi) is 5.83. The molecule has 1 rings (SSSR count). The van der Waals surface area contributed by atoms with E-state index < -0.39 is 5.60 Å². The molecule has 106 valence electrons. The van der Waals surface area contributed by atoms with Gasteiger partial charge in [-0.1, -0.05) is 37.9 Å². The molecule has 0 aliphatic rings. The van der Waals surface area contributed by atoms with Crippen molar-refractivity contribution in [3.63, 3.8) is 0 Å². The first-order valence-corrected chi connectivity index (χ1v) is 7.41. The van der Waals surface area contributed by atoms with E-state index in [1.807, 2.05) is 13.8 Å². The Labute approximate surface area is 127 Å². The van der Waals surface area contributed by atoms with Gasteiger partial charge in [0.15, 0.2) is 0 Å². The number of nitrogens with one attached hydrogen (secondary N) is 1. The summed E-state index contributed by atoms with van der Waals surface area (Å²) in [5.74, 6) is -0.180. The van der Waals surface area contributed by atoms with Crippen LogP contribution in [0.3, 0.4) is 0 Å². The third kappa shape index (κ3) is 4.20. The quantitative estimate of drug-likeness (QED) is 0.853. The highest BCUT2D eigenvalue weighted by atomic mass is 79.9. The molecule has 0 aliphatic heterocycles. The molecule has 0 aromatic heterocycles. The molecule has 0 heterocycles. The monoisotopic (exact) mass is 347 g/mol. The first-order chi connectivity index (χ1) is 8.79. The average Bonchev–Trinajstić information content (AvgIpc) is 2.38. The van der Waals surface area contributed by atoms with Gasteiger partial charge in [0, 0.05) is 11.0 Å². The molecule has 2 unspecified atom stereocenters. The zero-order valence-corrected chi connectivity index (χ0v) is 13.7. The number of carbonyl (C=O) groups excluding carboxylic acids is 1. The zero-order chi connectivity index (χ0) is 14.6. The molecule has 0 radical (unpaired) electrons. The summed E-state index contributed by atoms with van der Waals surface area (Å²) in [6.07, 6.45) is 0.848. The maximum absolute atomic E-state index is 12.0. The van der Waals surface area contributed by atoms with Crippen molar-refractivity contribution in [2.75, 3.05) is 6.54 Å². The van der Waals surface area contributed by atoms with Crippen LogP contribution < -0.4 is 5.32 Å². The van der Waals surface area contributed by atoms with Crippen molar-refractivity contribution >= 4 is 33.4 Å². The lowest BCUT2D eigenvalue weighted by Gasteiger charge is -2.29. The standard InChI is InChI=1S/C14H19BrClNO2/c1-4-9(2)14(3,19)8-17-13(18)10-6-5-7-11(15)12(10)16/h5-7,9,19H,4,8H2,1-3H3,(H,17,18). The summed E-state index contributed by atoms with van der Waals surface area (Å²) in [6, 6.07) is 5.17. The predicted molar refractivity (Wildman–Crippen MR) is 81.6 cm³/mol. The Hall–Kier alpha value is -0.580. The van der Waals surface area contributed by atoms with Crippen molar-refractivity contribution in [2.45, 2.75) is 32.8 Å². The van der Waals surface area contributed by atoms with Crippen molar-refractivity contribution < 1.29 is 9.90 Å². The fraction of sp³-hybridized carbons (Fsp3) is 0.500. The Morgan fingerprint density at radius 3 is 2.79 bits per heavy atom. The lowest BCUT2D eigenvalue weighted by molar-refractivity contribution is 0.00593. The van der Waals surface area contributed by atoms with Gasteiger partial charge in [0.25, 0.3) is 5.91 Å². The second-order valence-electron chi connectivity index (χ2n) is 4.95. The highest BCUT2D eigenvalue weighted by molar-refractivity contribution is 9.10. The topological polar surface area (TPSA) is 49.3 Å². The SMILES string of the molecule is CCC(C)C(C)(O)CNC(=O)c1cccc(Br)c1Cl. The maximum Gasteiger partial charge on any atom is 0.252 e. The molecule has 2 atom stereocenters. The molecular weight excluding hydrogens is 330 g/mol. The first-order valence-electron chi connectivity index (χ1n) is 6.24. The van der Waals surface area contributed by atoms with Gasteiger partial charge in [-0.05, 0) is 40.9 Å². The molecule has 0 aliphatic carbocycles. The fourth-order valence-electron chi connectivity index (χ4n) is 1.65. The van der Waals surface area contributed by atoms with Crippen molar-refractivity contribution in [1.29, 1.82) is 0 Å². The summed E-state index contributed by atoms with van der Waals surface area (Å²) in [7, 11) is 0. The summed E-state index contributed by atoms with van der Waals surface area (Å²) in [4.78, 5) is 12.0. The second kappa shape index (κ2) is 6.73. The smallest absolute Gasteiger partial charge is 0.252 e. The minimum absolute atomic E-state index is 0.103. The van der Waals surface area contributed by atoms with Crippen molar-refractivity contribution in [3.05, 3.63) is 33.3 Å². The Morgan fingerprint density at radius 2 is 2.21 bits per heavy atom. The van der Waals surface area contributed by atoms with Crippen LogP contribution in [0.5, 0.6) is 0 Å². The zero-order valence-electron chi connectivity index (χ0n) is 11.3. The van der Waals surface area contributed by atoms with E-state index in [9.17, 15) is 9.90 Å². The van der Waals surface area contributed by atoms with Crippen LogP contribution in [-0.2, 0) is 0 Å². The van der Waals surface area contributed by atoms with Crippen LogP contribution in [0.1, 0.15) is 37.6 Å². The third-order valence-corrected chi connectivity index (χ3v) is 4.77. The van der Waals surface area contributed by atoms with Gasteiger partial charge >= 0.3 is 0 Å². The Balaban J connectivity index is 2.74.